The molecule has 0 radical (unpaired) electrons. The zero-order valence-corrected chi connectivity index (χ0v) is 11.4. The van der Waals surface area contributed by atoms with Crippen molar-refractivity contribution in [1.29, 1.82) is 5.26 Å². The van der Waals surface area contributed by atoms with E-state index in [1.165, 1.54) is 0 Å². The number of nitrogens with zero attached hydrogens (tertiary/aromatic N) is 1. The number of nitrogens with one attached hydrogen (secondary N) is 1. The highest BCUT2D eigenvalue weighted by Gasteiger charge is 2.22. The normalized spacial score (nSPS) is 12.9. The summed E-state index contributed by atoms with van der Waals surface area (Å²) < 4.78 is 25.5. The number of carbonyl (C=O) groups is 1. The predicted octanol–water partition coefficient (Wildman–Crippen LogP) is 1.24. The van der Waals surface area contributed by atoms with Crippen molar-refractivity contribution in [3.8, 4) is 6.07 Å². The monoisotopic (exact) mass is 276 g/mol. The molecule has 104 valence electrons. The van der Waals surface area contributed by atoms with Crippen LogP contribution in [0.3, 0.4) is 0 Å². The Balaban J connectivity index is 3.72. The number of rotatable bonds is 10. The van der Waals surface area contributed by atoms with Crippen LogP contribution in [0.2, 0.25) is 0 Å². The lowest BCUT2D eigenvalue weighted by atomic mass is 10.1. The fraction of sp³-hybridized carbons (Fsp3) is 0.818. The van der Waals surface area contributed by atoms with Gasteiger partial charge in [0.05, 0.1) is 6.07 Å². The number of carboxylic acid groups (broad SMARTS) is 1. The Morgan fingerprint density at radius 3 is 2.44 bits per heavy atom. The van der Waals surface area contributed by atoms with Crippen molar-refractivity contribution in [3.05, 3.63) is 0 Å². The minimum Gasteiger partial charge on any atom is -0.481 e. The Bertz CT molecular complexity index is 386. The fourth-order valence-corrected chi connectivity index (χ4v) is 2.66. The van der Waals surface area contributed by atoms with Crippen LogP contribution in [0.1, 0.15) is 45.4 Å². The van der Waals surface area contributed by atoms with Gasteiger partial charge in [-0.3, -0.25) is 4.79 Å². The van der Waals surface area contributed by atoms with Crippen LogP contribution in [-0.2, 0) is 14.8 Å². The topological polar surface area (TPSA) is 107 Å². The molecule has 7 heteroatoms. The molecular weight excluding hydrogens is 256 g/mol. The van der Waals surface area contributed by atoms with Gasteiger partial charge in [0.1, 0.15) is 0 Å². The highest BCUT2D eigenvalue weighted by molar-refractivity contribution is 7.90. The second kappa shape index (κ2) is 8.89. The first-order valence-electron chi connectivity index (χ1n) is 6.04. The Kier molecular flexibility index (Phi) is 8.33. The molecule has 0 rings (SSSR count). The van der Waals surface area contributed by atoms with Crippen LogP contribution in [-0.4, -0.2) is 31.3 Å². The van der Waals surface area contributed by atoms with Crippen LogP contribution in [0.4, 0.5) is 0 Å². The van der Waals surface area contributed by atoms with Gasteiger partial charge in [0.25, 0.3) is 0 Å². The maximum atomic E-state index is 11.6. The third-order valence-corrected chi connectivity index (χ3v) is 4.30. The van der Waals surface area contributed by atoms with Crippen LogP contribution in [0.25, 0.3) is 0 Å². The summed E-state index contributed by atoms with van der Waals surface area (Å²) in [5.74, 6) is -0.810. The second-order valence-corrected chi connectivity index (χ2v) is 5.97. The van der Waals surface area contributed by atoms with E-state index in [2.05, 4.69) is 4.72 Å². The standard InChI is InChI=1S/C11H20N2O4S/c1-2-10(9-12)18(16,17)13-8-6-4-3-5-7-11(14)15/h10,13H,2-8H2,1H3,(H,14,15). The van der Waals surface area contributed by atoms with Crippen LogP contribution < -0.4 is 4.72 Å². The van der Waals surface area contributed by atoms with E-state index < -0.39 is 21.2 Å². The molecule has 0 spiro atoms. The quantitative estimate of drug-likeness (QED) is 0.584. The van der Waals surface area contributed by atoms with Gasteiger partial charge in [-0.15, -0.1) is 0 Å². The Hall–Kier alpha value is -1.13. The minimum atomic E-state index is -3.53. The number of hydrogen-bond acceptors (Lipinski definition) is 4. The van der Waals surface area contributed by atoms with E-state index in [1.807, 2.05) is 0 Å². The highest BCUT2D eigenvalue weighted by atomic mass is 32.2. The van der Waals surface area contributed by atoms with Gasteiger partial charge < -0.3 is 5.11 Å². The number of sulfonamides is 1. The molecule has 0 heterocycles. The van der Waals surface area contributed by atoms with E-state index in [9.17, 15) is 13.2 Å². The van der Waals surface area contributed by atoms with Crippen molar-refractivity contribution >= 4 is 16.0 Å². The summed E-state index contributed by atoms with van der Waals surface area (Å²) in [7, 11) is -3.53. The van der Waals surface area contributed by atoms with Crippen molar-refractivity contribution < 1.29 is 18.3 Å². The van der Waals surface area contributed by atoms with Crippen molar-refractivity contribution in [2.75, 3.05) is 6.54 Å². The Labute approximate surface area is 108 Å². The van der Waals surface area contributed by atoms with Gasteiger partial charge in [-0.2, -0.15) is 5.26 Å². The van der Waals surface area contributed by atoms with Gasteiger partial charge in [-0.1, -0.05) is 19.8 Å². The zero-order chi connectivity index (χ0) is 14.0. The van der Waals surface area contributed by atoms with E-state index in [0.717, 1.165) is 12.8 Å². The molecule has 0 amide bonds. The number of unbranched alkanes of at least 4 members (excludes halogenated alkanes) is 3. The third-order valence-electron chi connectivity index (χ3n) is 2.51. The van der Waals surface area contributed by atoms with E-state index in [0.29, 0.717) is 19.4 Å². The molecule has 0 aromatic heterocycles. The molecule has 1 unspecified atom stereocenters. The molecule has 0 fully saturated rings. The fourth-order valence-electron chi connectivity index (χ4n) is 1.45. The first kappa shape index (κ1) is 16.9. The van der Waals surface area contributed by atoms with E-state index in [1.54, 1.807) is 13.0 Å². The molecule has 2 N–H and O–H groups in total. The predicted molar refractivity (Wildman–Crippen MR) is 67.3 cm³/mol. The first-order chi connectivity index (χ1) is 8.44. The van der Waals surface area contributed by atoms with E-state index in [-0.39, 0.29) is 12.8 Å². The molecule has 0 bridgehead atoms. The molecule has 0 aromatic carbocycles. The molecule has 0 saturated carbocycles. The Morgan fingerprint density at radius 2 is 1.94 bits per heavy atom. The molecule has 6 nitrogen and oxygen atoms in total. The van der Waals surface area contributed by atoms with Crippen LogP contribution in [0.15, 0.2) is 0 Å². The Morgan fingerprint density at radius 1 is 1.33 bits per heavy atom. The number of hydrogen-bond donors (Lipinski definition) is 2. The van der Waals surface area contributed by atoms with Crippen LogP contribution >= 0.6 is 0 Å². The lowest BCUT2D eigenvalue weighted by Gasteiger charge is -2.09. The molecule has 1 atom stereocenters. The maximum Gasteiger partial charge on any atom is 0.303 e. The summed E-state index contributed by atoms with van der Waals surface area (Å²) >= 11 is 0. The lowest BCUT2D eigenvalue weighted by molar-refractivity contribution is -0.137. The van der Waals surface area contributed by atoms with Crippen molar-refractivity contribution in [2.24, 2.45) is 0 Å². The summed E-state index contributed by atoms with van der Waals surface area (Å²) in [6.45, 7) is 1.95. The van der Waals surface area contributed by atoms with E-state index >= 15 is 0 Å². The van der Waals surface area contributed by atoms with Gasteiger partial charge >= 0.3 is 5.97 Å². The zero-order valence-electron chi connectivity index (χ0n) is 10.6. The highest BCUT2D eigenvalue weighted by Crippen LogP contribution is 2.05. The SMILES string of the molecule is CCC(C#N)S(=O)(=O)NCCCCCCC(=O)O. The summed E-state index contributed by atoms with van der Waals surface area (Å²) in [5, 5.41) is 16.1. The third kappa shape index (κ3) is 7.25. The maximum absolute atomic E-state index is 11.6. The molecule has 0 aliphatic carbocycles. The van der Waals surface area contributed by atoms with Crippen molar-refractivity contribution in [3.63, 3.8) is 0 Å². The van der Waals surface area contributed by atoms with Gasteiger partial charge in [-0.25, -0.2) is 13.1 Å². The largest absolute Gasteiger partial charge is 0.481 e. The number of carboxylic acids is 1. The lowest BCUT2D eigenvalue weighted by Crippen LogP contribution is -2.33. The van der Waals surface area contributed by atoms with Gasteiger partial charge in [0.15, 0.2) is 5.25 Å². The second-order valence-electron chi connectivity index (χ2n) is 4.02. The average molecular weight is 276 g/mol. The van der Waals surface area contributed by atoms with E-state index in [4.69, 9.17) is 10.4 Å². The van der Waals surface area contributed by atoms with Crippen molar-refractivity contribution in [2.45, 2.75) is 50.7 Å². The summed E-state index contributed by atoms with van der Waals surface area (Å²) in [5.41, 5.74) is 0. The molecular formula is C11H20N2O4S. The number of aliphatic carboxylic acids is 1. The average Bonchev–Trinajstić information content (AvgIpc) is 2.28. The van der Waals surface area contributed by atoms with Crippen molar-refractivity contribution in [1.82, 2.24) is 4.72 Å². The molecule has 0 aliphatic heterocycles. The number of nitriles is 1. The summed E-state index contributed by atoms with van der Waals surface area (Å²) in [6.07, 6.45) is 3.23. The molecule has 18 heavy (non-hydrogen) atoms. The van der Waals surface area contributed by atoms with Crippen LogP contribution in [0, 0.1) is 11.3 Å². The smallest absolute Gasteiger partial charge is 0.303 e. The molecule has 0 aliphatic rings. The summed E-state index contributed by atoms with van der Waals surface area (Å²) in [4.78, 5) is 10.2. The minimum absolute atomic E-state index is 0.151. The van der Waals surface area contributed by atoms with Gasteiger partial charge in [0.2, 0.25) is 10.0 Å². The van der Waals surface area contributed by atoms with Gasteiger partial charge in [0, 0.05) is 13.0 Å². The first-order valence-corrected chi connectivity index (χ1v) is 7.58. The van der Waals surface area contributed by atoms with Gasteiger partial charge in [-0.05, 0) is 19.3 Å². The summed E-state index contributed by atoms with van der Waals surface area (Å²) in [6, 6.07) is 1.75. The van der Waals surface area contributed by atoms with Crippen LogP contribution in [0.5, 0.6) is 0 Å². The molecule has 0 saturated heterocycles. The molecule has 0 aromatic rings.